The Labute approximate surface area is 125 Å². The normalized spacial score (nSPS) is 17.2. The number of hydrogen-bond acceptors (Lipinski definition) is 2. The molecule has 0 heterocycles. The number of halogens is 1. The van der Waals surface area contributed by atoms with Crippen molar-refractivity contribution in [1.82, 2.24) is 4.90 Å². The molecule has 0 spiro atoms. The molecule has 0 aromatic heterocycles. The van der Waals surface area contributed by atoms with E-state index in [1.54, 1.807) is 0 Å². The topological polar surface area (TPSA) is 29.3 Å². The van der Waals surface area contributed by atoms with Crippen LogP contribution in [0.25, 0.3) is 0 Å². The highest BCUT2D eigenvalue weighted by Crippen LogP contribution is 2.36. The summed E-state index contributed by atoms with van der Waals surface area (Å²) in [6, 6.07) is 9.59. The van der Waals surface area contributed by atoms with E-state index in [0.29, 0.717) is 12.6 Å². The van der Waals surface area contributed by atoms with Crippen LogP contribution < -0.4 is 5.73 Å². The van der Waals surface area contributed by atoms with Crippen LogP contribution in [0.5, 0.6) is 0 Å². The van der Waals surface area contributed by atoms with E-state index < -0.39 is 0 Å². The van der Waals surface area contributed by atoms with Gasteiger partial charge in [0.05, 0.1) is 0 Å². The molecule has 0 amide bonds. The van der Waals surface area contributed by atoms with E-state index in [4.69, 9.17) is 5.73 Å². The molecule has 1 atom stereocenters. The number of benzene rings is 1. The van der Waals surface area contributed by atoms with Gasteiger partial charge in [-0.25, -0.2) is 0 Å². The molecule has 1 saturated carbocycles. The van der Waals surface area contributed by atoms with Crippen LogP contribution in [0, 0.1) is 5.92 Å². The molecule has 0 bridgehead atoms. The Morgan fingerprint density at radius 1 is 1.32 bits per heavy atom. The lowest BCUT2D eigenvalue weighted by atomic mass is 10.0. The zero-order chi connectivity index (χ0) is 13.8. The molecular weight excluding hydrogens is 300 g/mol. The van der Waals surface area contributed by atoms with Gasteiger partial charge < -0.3 is 5.73 Å². The van der Waals surface area contributed by atoms with Crippen LogP contribution in [0.2, 0.25) is 0 Å². The van der Waals surface area contributed by atoms with Crippen molar-refractivity contribution in [2.75, 3.05) is 13.1 Å². The van der Waals surface area contributed by atoms with E-state index in [1.807, 2.05) is 0 Å². The number of hydrogen-bond donors (Lipinski definition) is 1. The van der Waals surface area contributed by atoms with Crippen molar-refractivity contribution < 1.29 is 0 Å². The molecule has 1 aliphatic carbocycles. The zero-order valence-corrected chi connectivity index (χ0v) is 13.6. The average molecular weight is 325 g/mol. The minimum Gasteiger partial charge on any atom is -0.329 e. The summed E-state index contributed by atoms with van der Waals surface area (Å²) in [4.78, 5) is 2.63. The summed E-state index contributed by atoms with van der Waals surface area (Å²) in [6.45, 7) is 6.44. The molecule has 2 nitrogen and oxygen atoms in total. The van der Waals surface area contributed by atoms with Gasteiger partial charge in [-0.15, -0.1) is 0 Å². The van der Waals surface area contributed by atoms with Gasteiger partial charge in [0.1, 0.15) is 0 Å². The van der Waals surface area contributed by atoms with Gasteiger partial charge in [-0.05, 0) is 43.4 Å². The Hall–Kier alpha value is -0.380. The molecule has 0 radical (unpaired) electrons. The van der Waals surface area contributed by atoms with Gasteiger partial charge >= 0.3 is 0 Å². The minimum absolute atomic E-state index is 0.349. The second-order valence-electron chi connectivity index (χ2n) is 5.92. The van der Waals surface area contributed by atoms with Crippen LogP contribution in [0.3, 0.4) is 0 Å². The predicted octanol–water partition coefficient (Wildman–Crippen LogP) is 3.96. The molecule has 1 aromatic rings. The van der Waals surface area contributed by atoms with E-state index >= 15 is 0 Å². The smallest absolute Gasteiger partial charge is 0.0484 e. The summed E-state index contributed by atoms with van der Waals surface area (Å²) in [5.74, 6) is 0.749. The van der Waals surface area contributed by atoms with E-state index in [1.165, 1.54) is 29.3 Å². The van der Waals surface area contributed by atoms with Crippen LogP contribution in [0.1, 0.15) is 44.7 Å². The van der Waals surface area contributed by atoms with Gasteiger partial charge in [0, 0.05) is 23.1 Å². The molecule has 2 rings (SSSR count). The Balaban J connectivity index is 2.15. The average Bonchev–Trinajstić information content (AvgIpc) is 3.20. The molecule has 1 unspecified atom stereocenters. The van der Waals surface area contributed by atoms with E-state index in [9.17, 15) is 0 Å². The Morgan fingerprint density at radius 2 is 2.00 bits per heavy atom. The third kappa shape index (κ3) is 4.04. The lowest BCUT2D eigenvalue weighted by molar-refractivity contribution is 0.180. The highest BCUT2D eigenvalue weighted by molar-refractivity contribution is 9.10. The molecule has 0 aliphatic heterocycles. The van der Waals surface area contributed by atoms with Gasteiger partial charge in [0.2, 0.25) is 0 Å². The summed E-state index contributed by atoms with van der Waals surface area (Å²) in [5, 5.41) is 0. The van der Waals surface area contributed by atoms with E-state index in [2.05, 4.69) is 58.9 Å². The van der Waals surface area contributed by atoms with Crippen molar-refractivity contribution in [3.8, 4) is 0 Å². The fourth-order valence-corrected chi connectivity index (χ4v) is 3.14. The number of nitrogens with zero attached hydrogens (tertiary/aromatic N) is 1. The number of rotatable bonds is 7. The third-order valence-electron chi connectivity index (χ3n) is 3.87. The standard InChI is InChI=1S/C16H25BrN2/c1-12(2)9-10-19(13-7-8-13)16(11-18)14-5-3-4-6-15(14)17/h3-6,12-13,16H,7-11,18H2,1-2H3. The van der Waals surface area contributed by atoms with Crippen LogP contribution in [0.15, 0.2) is 28.7 Å². The van der Waals surface area contributed by atoms with Crippen molar-refractivity contribution in [3.63, 3.8) is 0 Å². The van der Waals surface area contributed by atoms with E-state index in [-0.39, 0.29) is 0 Å². The molecular formula is C16H25BrN2. The van der Waals surface area contributed by atoms with Crippen molar-refractivity contribution in [1.29, 1.82) is 0 Å². The van der Waals surface area contributed by atoms with Crippen LogP contribution in [0.4, 0.5) is 0 Å². The maximum atomic E-state index is 6.08. The molecule has 2 N–H and O–H groups in total. The Kier molecular flexibility index (Phi) is 5.43. The maximum absolute atomic E-state index is 6.08. The molecule has 3 heteroatoms. The Bertz CT molecular complexity index is 401. The largest absolute Gasteiger partial charge is 0.329 e. The third-order valence-corrected chi connectivity index (χ3v) is 4.59. The first kappa shape index (κ1) is 15.0. The van der Waals surface area contributed by atoms with Gasteiger partial charge in [-0.3, -0.25) is 4.90 Å². The second-order valence-corrected chi connectivity index (χ2v) is 6.78. The Morgan fingerprint density at radius 3 is 2.53 bits per heavy atom. The minimum atomic E-state index is 0.349. The van der Waals surface area contributed by atoms with Crippen molar-refractivity contribution in [2.24, 2.45) is 11.7 Å². The monoisotopic (exact) mass is 324 g/mol. The first-order chi connectivity index (χ1) is 9.13. The summed E-state index contributed by atoms with van der Waals surface area (Å²) >= 11 is 3.67. The van der Waals surface area contributed by atoms with Crippen LogP contribution in [-0.2, 0) is 0 Å². The van der Waals surface area contributed by atoms with Gasteiger partial charge in [0.15, 0.2) is 0 Å². The highest BCUT2D eigenvalue weighted by atomic mass is 79.9. The first-order valence-electron chi connectivity index (χ1n) is 7.33. The maximum Gasteiger partial charge on any atom is 0.0484 e. The fraction of sp³-hybridized carbons (Fsp3) is 0.625. The van der Waals surface area contributed by atoms with Crippen LogP contribution >= 0.6 is 15.9 Å². The quantitative estimate of drug-likeness (QED) is 0.822. The van der Waals surface area contributed by atoms with Crippen molar-refractivity contribution in [3.05, 3.63) is 34.3 Å². The van der Waals surface area contributed by atoms with Gasteiger partial charge in [0.25, 0.3) is 0 Å². The second kappa shape index (κ2) is 6.87. The summed E-state index contributed by atoms with van der Waals surface area (Å²) in [7, 11) is 0. The number of nitrogens with two attached hydrogens (primary N) is 1. The SMILES string of the molecule is CC(C)CCN(C1CC1)C(CN)c1ccccc1Br. The van der Waals surface area contributed by atoms with E-state index in [0.717, 1.165) is 18.5 Å². The van der Waals surface area contributed by atoms with Gasteiger partial charge in [-0.2, -0.15) is 0 Å². The summed E-state index contributed by atoms with van der Waals surface area (Å²) in [6.07, 6.45) is 3.91. The highest BCUT2D eigenvalue weighted by Gasteiger charge is 2.34. The summed E-state index contributed by atoms with van der Waals surface area (Å²) < 4.78 is 1.18. The molecule has 0 saturated heterocycles. The lowest BCUT2D eigenvalue weighted by Gasteiger charge is -2.32. The molecule has 106 valence electrons. The molecule has 19 heavy (non-hydrogen) atoms. The molecule has 1 aromatic carbocycles. The van der Waals surface area contributed by atoms with Gasteiger partial charge in [-0.1, -0.05) is 48.0 Å². The first-order valence-corrected chi connectivity index (χ1v) is 8.13. The summed E-state index contributed by atoms with van der Waals surface area (Å²) in [5.41, 5.74) is 7.42. The van der Waals surface area contributed by atoms with Crippen molar-refractivity contribution >= 4 is 15.9 Å². The molecule has 1 fully saturated rings. The zero-order valence-electron chi connectivity index (χ0n) is 12.0. The predicted molar refractivity (Wildman–Crippen MR) is 85.1 cm³/mol. The molecule has 1 aliphatic rings. The van der Waals surface area contributed by atoms with Crippen LogP contribution in [-0.4, -0.2) is 24.0 Å². The fourth-order valence-electron chi connectivity index (χ4n) is 2.59. The van der Waals surface area contributed by atoms with Crippen molar-refractivity contribution in [2.45, 2.75) is 45.2 Å². The lowest BCUT2D eigenvalue weighted by Crippen LogP contribution is -2.37.